The van der Waals surface area contributed by atoms with Crippen molar-refractivity contribution in [2.45, 2.75) is 6.10 Å². The molecule has 4 nitrogen and oxygen atoms in total. The topological polar surface area (TPSA) is 66.0 Å². The van der Waals surface area contributed by atoms with Gasteiger partial charge < -0.3 is 9.67 Å². The molecule has 80 valence electrons. The normalized spacial score (nSPS) is 12.3. The number of nitriles is 1. The Morgan fingerprint density at radius 2 is 2.12 bits per heavy atom. The van der Waals surface area contributed by atoms with Crippen LogP contribution >= 0.6 is 0 Å². The van der Waals surface area contributed by atoms with Crippen LogP contribution < -0.4 is 5.56 Å². The summed E-state index contributed by atoms with van der Waals surface area (Å²) in [6.45, 7) is 0. The van der Waals surface area contributed by atoms with Gasteiger partial charge in [-0.15, -0.1) is 0 Å². The van der Waals surface area contributed by atoms with Crippen LogP contribution in [0.4, 0.5) is 0 Å². The molecule has 1 unspecified atom stereocenters. The summed E-state index contributed by atoms with van der Waals surface area (Å²) in [4.78, 5) is 11.8. The van der Waals surface area contributed by atoms with Gasteiger partial charge in [0.1, 0.15) is 0 Å². The minimum absolute atomic E-state index is 0.115. The van der Waals surface area contributed by atoms with Gasteiger partial charge in [-0.1, -0.05) is 18.2 Å². The molecular formula is C12H10N2O2. The van der Waals surface area contributed by atoms with Crippen molar-refractivity contribution in [1.29, 1.82) is 5.26 Å². The molecule has 0 spiro atoms. The second-order valence-corrected chi connectivity index (χ2v) is 3.55. The van der Waals surface area contributed by atoms with Crippen LogP contribution in [-0.4, -0.2) is 9.67 Å². The molecule has 2 rings (SSSR count). The van der Waals surface area contributed by atoms with Gasteiger partial charge in [0, 0.05) is 7.05 Å². The Balaban J connectivity index is 2.85. The van der Waals surface area contributed by atoms with Gasteiger partial charge in [-0.05, 0) is 17.5 Å². The highest BCUT2D eigenvalue weighted by atomic mass is 16.3. The minimum Gasteiger partial charge on any atom is -0.374 e. The number of hydrogen-bond acceptors (Lipinski definition) is 3. The Bertz CT molecular complexity index is 637. The van der Waals surface area contributed by atoms with E-state index in [-0.39, 0.29) is 11.1 Å². The fraction of sp³-hybridized carbons (Fsp3) is 0.167. The van der Waals surface area contributed by atoms with Gasteiger partial charge in [-0.2, -0.15) is 5.26 Å². The average molecular weight is 214 g/mol. The third kappa shape index (κ3) is 1.47. The number of rotatable bonds is 1. The van der Waals surface area contributed by atoms with E-state index in [9.17, 15) is 9.90 Å². The molecule has 0 saturated heterocycles. The first-order valence-corrected chi connectivity index (χ1v) is 4.81. The molecule has 1 aromatic heterocycles. The summed E-state index contributed by atoms with van der Waals surface area (Å²) in [6.07, 6.45) is -1.37. The molecule has 0 radical (unpaired) electrons. The van der Waals surface area contributed by atoms with Crippen LogP contribution in [0.15, 0.2) is 35.1 Å². The Hall–Kier alpha value is -2.12. The van der Waals surface area contributed by atoms with Crippen LogP contribution in [0.3, 0.4) is 0 Å². The third-order valence-electron chi connectivity index (χ3n) is 2.58. The maximum atomic E-state index is 11.8. The van der Waals surface area contributed by atoms with E-state index in [4.69, 9.17) is 5.26 Å². The number of hydrogen-bond donors (Lipinski definition) is 1. The van der Waals surface area contributed by atoms with E-state index in [0.29, 0.717) is 0 Å². The summed E-state index contributed by atoms with van der Waals surface area (Å²) in [6, 6.07) is 10.5. The molecule has 0 aliphatic carbocycles. The number of pyridine rings is 1. The molecule has 0 amide bonds. The van der Waals surface area contributed by atoms with Gasteiger partial charge in [0.25, 0.3) is 5.56 Å². The zero-order valence-corrected chi connectivity index (χ0v) is 8.71. The number of nitrogens with zero attached hydrogens (tertiary/aromatic N) is 2. The van der Waals surface area contributed by atoms with Crippen LogP contribution in [0.25, 0.3) is 10.9 Å². The number of fused-ring (bicyclic) bond motifs is 1. The van der Waals surface area contributed by atoms with Crippen LogP contribution in [0, 0.1) is 11.3 Å². The second kappa shape index (κ2) is 3.80. The van der Waals surface area contributed by atoms with E-state index in [0.717, 1.165) is 10.9 Å². The Labute approximate surface area is 92.0 Å². The lowest BCUT2D eigenvalue weighted by atomic mass is 10.1. The predicted molar refractivity (Wildman–Crippen MR) is 59.8 cm³/mol. The van der Waals surface area contributed by atoms with E-state index in [1.54, 1.807) is 19.2 Å². The largest absolute Gasteiger partial charge is 0.374 e. The fourth-order valence-corrected chi connectivity index (χ4v) is 1.71. The molecule has 0 aliphatic heterocycles. The maximum absolute atomic E-state index is 11.8. The first kappa shape index (κ1) is 10.4. The van der Waals surface area contributed by atoms with E-state index in [1.807, 2.05) is 24.3 Å². The van der Waals surface area contributed by atoms with Gasteiger partial charge in [0.2, 0.25) is 0 Å². The number of aliphatic hydroxyl groups is 1. The SMILES string of the molecule is Cn1c(=O)c(C(O)C#N)cc2ccccc21. The molecule has 0 bridgehead atoms. The van der Waals surface area contributed by atoms with Crippen molar-refractivity contribution in [2.75, 3.05) is 0 Å². The molecule has 1 atom stereocenters. The van der Waals surface area contributed by atoms with Gasteiger partial charge in [0.15, 0.2) is 6.10 Å². The van der Waals surface area contributed by atoms with Crippen LogP contribution in [0.1, 0.15) is 11.7 Å². The standard InChI is InChI=1S/C12H10N2O2/c1-14-10-5-3-2-4-8(10)6-9(12(14)16)11(15)7-13/h2-6,11,15H,1H3. The highest BCUT2D eigenvalue weighted by Gasteiger charge is 2.13. The molecule has 1 N–H and O–H groups in total. The van der Waals surface area contributed by atoms with Crippen molar-refractivity contribution in [3.05, 3.63) is 46.2 Å². The van der Waals surface area contributed by atoms with Gasteiger partial charge in [0.05, 0.1) is 17.1 Å². The van der Waals surface area contributed by atoms with E-state index in [2.05, 4.69) is 0 Å². The molecular weight excluding hydrogens is 204 g/mol. The van der Waals surface area contributed by atoms with Crippen LogP contribution in [0.5, 0.6) is 0 Å². The van der Waals surface area contributed by atoms with Crippen molar-refractivity contribution in [2.24, 2.45) is 7.05 Å². The first-order chi connectivity index (χ1) is 7.65. The summed E-state index contributed by atoms with van der Waals surface area (Å²) in [5.41, 5.74) is 0.554. The molecule has 16 heavy (non-hydrogen) atoms. The number of para-hydroxylation sites is 1. The predicted octanol–water partition coefficient (Wildman–Crippen LogP) is 1.10. The molecule has 0 aliphatic rings. The highest BCUT2D eigenvalue weighted by molar-refractivity contribution is 5.79. The summed E-state index contributed by atoms with van der Waals surface area (Å²) in [5, 5.41) is 18.9. The Morgan fingerprint density at radius 1 is 1.44 bits per heavy atom. The maximum Gasteiger partial charge on any atom is 0.257 e. The molecule has 1 aromatic carbocycles. The number of benzene rings is 1. The lowest BCUT2D eigenvalue weighted by Crippen LogP contribution is -2.23. The second-order valence-electron chi connectivity index (χ2n) is 3.55. The van der Waals surface area contributed by atoms with Gasteiger partial charge >= 0.3 is 0 Å². The van der Waals surface area contributed by atoms with E-state index in [1.165, 1.54) is 4.57 Å². The van der Waals surface area contributed by atoms with Crippen molar-refractivity contribution in [1.82, 2.24) is 4.57 Å². The summed E-state index contributed by atoms with van der Waals surface area (Å²) in [5.74, 6) is 0. The third-order valence-corrected chi connectivity index (χ3v) is 2.58. The first-order valence-electron chi connectivity index (χ1n) is 4.81. The van der Waals surface area contributed by atoms with Gasteiger partial charge in [-0.3, -0.25) is 4.79 Å². The van der Waals surface area contributed by atoms with E-state index < -0.39 is 6.10 Å². The Kier molecular flexibility index (Phi) is 2.47. The summed E-state index contributed by atoms with van der Waals surface area (Å²) >= 11 is 0. The Morgan fingerprint density at radius 3 is 2.81 bits per heavy atom. The molecule has 0 saturated carbocycles. The smallest absolute Gasteiger partial charge is 0.257 e. The quantitative estimate of drug-likeness (QED) is 0.723. The molecule has 0 fully saturated rings. The number of aryl methyl sites for hydroxylation is 1. The summed E-state index contributed by atoms with van der Waals surface area (Å²) < 4.78 is 1.44. The fourth-order valence-electron chi connectivity index (χ4n) is 1.71. The lowest BCUT2D eigenvalue weighted by molar-refractivity contribution is 0.234. The number of aliphatic hydroxyl groups excluding tert-OH is 1. The number of aromatic nitrogens is 1. The van der Waals surface area contributed by atoms with Crippen LogP contribution in [0.2, 0.25) is 0 Å². The van der Waals surface area contributed by atoms with Crippen molar-refractivity contribution in [3.63, 3.8) is 0 Å². The zero-order valence-electron chi connectivity index (χ0n) is 8.71. The minimum atomic E-state index is -1.37. The van der Waals surface area contributed by atoms with Crippen molar-refractivity contribution in [3.8, 4) is 6.07 Å². The van der Waals surface area contributed by atoms with Crippen molar-refractivity contribution < 1.29 is 5.11 Å². The monoisotopic (exact) mass is 214 g/mol. The van der Waals surface area contributed by atoms with Crippen LogP contribution in [-0.2, 0) is 7.05 Å². The van der Waals surface area contributed by atoms with E-state index >= 15 is 0 Å². The molecule has 4 heteroatoms. The van der Waals surface area contributed by atoms with Crippen molar-refractivity contribution >= 4 is 10.9 Å². The molecule has 1 heterocycles. The summed E-state index contributed by atoms with van der Waals surface area (Å²) in [7, 11) is 1.62. The zero-order chi connectivity index (χ0) is 11.7. The highest BCUT2D eigenvalue weighted by Crippen LogP contribution is 2.15. The van der Waals surface area contributed by atoms with Gasteiger partial charge in [-0.25, -0.2) is 0 Å². The molecule has 2 aromatic rings. The lowest BCUT2D eigenvalue weighted by Gasteiger charge is -2.08. The average Bonchev–Trinajstić information content (AvgIpc) is 2.33.